The van der Waals surface area contributed by atoms with Crippen molar-refractivity contribution in [2.45, 2.75) is 56.1 Å². The van der Waals surface area contributed by atoms with E-state index in [-0.39, 0.29) is 43.6 Å². The van der Waals surface area contributed by atoms with Gasteiger partial charge in [0.05, 0.1) is 17.8 Å². The van der Waals surface area contributed by atoms with Crippen molar-refractivity contribution in [3.8, 4) is 0 Å². The van der Waals surface area contributed by atoms with Crippen LogP contribution in [0.1, 0.15) is 36.8 Å². The van der Waals surface area contributed by atoms with Gasteiger partial charge < -0.3 is 26.2 Å². The van der Waals surface area contributed by atoms with E-state index in [4.69, 9.17) is 5.73 Å². The number of rotatable bonds is 10. The molecule has 4 rings (SSSR count). The second-order valence-corrected chi connectivity index (χ2v) is 9.63. The van der Waals surface area contributed by atoms with Crippen LogP contribution in [-0.4, -0.2) is 74.9 Å². The van der Waals surface area contributed by atoms with E-state index in [1.807, 2.05) is 0 Å². The predicted molar refractivity (Wildman–Crippen MR) is 127 cm³/mol. The summed E-state index contributed by atoms with van der Waals surface area (Å²) in [5, 5.41) is 23.2. The number of halogens is 4. The highest BCUT2D eigenvalue weighted by Crippen LogP contribution is 2.35. The van der Waals surface area contributed by atoms with E-state index in [9.17, 15) is 28.2 Å². The Morgan fingerprint density at radius 1 is 1.22 bits per heavy atom. The van der Waals surface area contributed by atoms with E-state index < -0.39 is 41.7 Å². The molecule has 2 aliphatic rings. The Labute approximate surface area is 211 Å². The molecule has 5 N–H and O–H groups in total. The summed E-state index contributed by atoms with van der Waals surface area (Å²) in [4.78, 5) is 23.0. The first-order chi connectivity index (χ1) is 17.5. The summed E-state index contributed by atoms with van der Waals surface area (Å²) >= 11 is 0. The van der Waals surface area contributed by atoms with Crippen LogP contribution in [0.5, 0.6) is 0 Å². The fourth-order valence-electron chi connectivity index (χ4n) is 4.51. The first-order valence-electron chi connectivity index (χ1n) is 12.0. The van der Waals surface area contributed by atoms with Crippen LogP contribution in [0.15, 0.2) is 30.6 Å². The van der Waals surface area contributed by atoms with E-state index in [0.29, 0.717) is 18.7 Å². The number of alkyl halides is 3. The average Bonchev–Trinajstić information content (AvgIpc) is 3.69. The molecule has 1 aromatic carbocycles. The molecule has 1 aromatic heterocycles. The molecular weight excluding hydrogens is 496 g/mol. The summed E-state index contributed by atoms with van der Waals surface area (Å²) in [7, 11) is 0. The molecule has 0 spiro atoms. The first kappa shape index (κ1) is 27.0. The number of nitrogens with two attached hydrogens (primary N) is 1. The van der Waals surface area contributed by atoms with Gasteiger partial charge >= 0.3 is 6.18 Å². The molecule has 1 saturated carbocycles. The predicted octanol–water partition coefficient (Wildman–Crippen LogP) is 1.89. The number of anilines is 2. The number of nitrogens with zero attached hydrogens (tertiary/aromatic N) is 4. The minimum absolute atomic E-state index is 0.00307. The number of primary amides is 1. The number of nitrogens with one attached hydrogen (secondary N) is 1. The van der Waals surface area contributed by atoms with Gasteiger partial charge in [0, 0.05) is 32.2 Å². The van der Waals surface area contributed by atoms with Crippen LogP contribution in [-0.2, 0) is 17.5 Å². The van der Waals surface area contributed by atoms with E-state index in [2.05, 4.69) is 15.3 Å². The van der Waals surface area contributed by atoms with Gasteiger partial charge in [-0.1, -0.05) is 12.1 Å². The Bertz CT molecular complexity index is 1090. The van der Waals surface area contributed by atoms with Crippen molar-refractivity contribution in [2.24, 2.45) is 5.73 Å². The summed E-state index contributed by atoms with van der Waals surface area (Å²) in [6.45, 7) is 0.419. The number of carbonyl (C=O) groups is 1. The third kappa shape index (κ3) is 6.46. The second-order valence-electron chi connectivity index (χ2n) is 9.63. The van der Waals surface area contributed by atoms with E-state index >= 15 is 4.39 Å². The highest BCUT2D eigenvalue weighted by atomic mass is 19.4. The molecule has 2 heterocycles. The van der Waals surface area contributed by atoms with Crippen LogP contribution in [0.2, 0.25) is 0 Å². The lowest BCUT2D eigenvalue weighted by atomic mass is 9.90. The molecule has 13 heteroatoms. The van der Waals surface area contributed by atoms with Crippen LogP contribution in [0.4, 0.5) is 29.2 Å². The molecule has 0 bridgehead atoms. The maximum Gasteiger partial charge on any atom is 0.416 e. The van der Waals surface area contributed by atoms with Gasteiger partial charge in [0.25, 0.3) is 0 Å². The van der Waals surface area contributed by atoms with Gasteiger partial charge in [0.15, 0.2) is 11.6 Å². The molecule has 1 aliphatic heterocycles. The van der Waals surface area contributed by atoms with Gasteiger partial charge in [-0.3, -0.25) is 9.69 Å². The number of amides is 1. The summed E-state index contributed by atoms with van der Waals surface area (Å²) in [6, 6.07) is 3.94. The van der Waals surface area contributed by atoms with Gasteiger partial charge in [-0.25, -0.2) is 9.97 Å². The summed E-state index contributed by atoms with van der Waals surface area (Å²) in [6.07, 6.45) is -1.07. The Hall–Kier alpha value is -3.03. The van der Waals surface area contributed by atoms with Crippen LogP contribution in [0.25, 0.3) is 0 Å². The van der Waals surface area contributed by atoms with Crippen molar-refractivity contribution >= 4 is 17.5 Å². The highest BCUT2D eigenvalue weighted by molar-refractivity contribution is 5.80. The van der Waals surface area contributed by atoms with E-state index in [0.717, 1.165) is 25.0 Å². The molecule has 202 valence electrons. The Balaban J connectivity index is 1.42. The third-order valence-electron chi connectivity index (χ3n) is 6.92. The molecule has 37 heavy (non-hydrogen) atoms. The number of aliphatic hydroxyl groups is 2. The number of aliphatic hydroxyl groups excluding tert-OH is 1. The molecule has 2 aromatic rings. The lowest BCUT2D eigenvalue weighted by molar-refractivity contribution is -0.137. The first-order valence-corrected chi connectivity index (χ1v) is 12.0. The fourth-order valence-corrected chi connectivity index (χ4v) is 4.51. The molecule has 1 atom stereocenters. The van der Waals surface area contributed by atoms with Crippen molar-refractivity contribution in [1.82, 2.24) is 14.9 Å². The lowest BCUT2D eigenvalue weighted by Crippen LogP contribution is -2.55. The Kier molecular flexibility index (Phi) is 7.85. The van der Waals surface area contributed by atoms with Crippen molar-refractivity contribution < 1.29 is 32.6 Å². The highest BCUT2D eigenvalue weighted by Gasteiger charge is 2.37. The monoisotopic (exact) mass is 526 g/mol. The fraction of sp³-hybridized carbons (Fsp3) is 0.542. The SMILES string of the molecule is NC(=O)C(CO)N1CCC(O)(CNc2ncnc(N(Cc3ccc(C(F)(F)F)cc3)C3CC3)c2F)CC1. The van der Waals surface area contributed by atoms with Crippen molar-refractivity contribution in [3.63, 3.8) is 0 Å². The lowest BCUT2D eigenvalue weighted by Gasteiger charge is -2.40. The smallest absolute Gasteiger partial charge is 0.394 e. The number of carbonyl (C=O) groups excluding carboxylic acids is 1. The Morgan fingerprint density at radius 2 is 1.86 bits per heavy atom. The Morgan fingerprint density at radius 3 is 2.41 bits per heavy atom. The number of aromatic nitrogens is 2. The topological polar surface area (TPSA) is 128 Å². The maximum atomic E-state index is 15.5. The van der Waals surface area contributed by atoms with E-state index in [1.54, 1.807) is 9.80 Å². The molecular formula is C24H30F4N6O3. The van der Waals surface area contributed by atoms with Crippen LogP contribution in [0.3, 0.4) is 0 Å². The van der Waals surface area contributed by atoms with Crippen molar-refractivity contribution in [2.75, 3.05) is 36.5 Å². The zero-order chi connectivity index (χ0) is 26.8. The van der Waals surface area contributed by atoms with Crippen LogP contribution in [0, 0.1) is 5.82 Å². The summed E-state index contributed by atoms with van der Waals surface area (Å²) in [5.41, 5.74) is 3.96. The normalized spacial score (nSPS) is 18.9. The average molecular weight is 527 g/mol. The minimum atomic E-state index is -4.43. The molecule has 1 aliphatic carbocycles. The maximum absolute atomic E-state index is 15.5. The molecule has 2 fully saturated rings. The number of hydrogen-bond acceptors (Lipinski definition) is 8. The van der Waals surface area contributed by atoms with Gasteiger partial charge in [-0.2, -0.15) is 17.6 Å². The number of likely N-dealkylation sites (tertiary alicyclic amines) is 1. The summed E-state index contributed by atoms with van der Waals surface area (Å²) in [5.74, 6) is -1.41. The zero-order valence-corrected chi connectivity index (χ0v) is 20.1. The van der Waals surface area contributed by atoms with Crippen molar-refractivity contribution in [3.05, 3.63) is 47.5 Å². The van der Waals surface area contributed by atoms with Gasteiger partial charge in [-0.05, 0) is 43.4 Å². The quantitative estimate of drug-likeness (QED) is 0.346. The van der Waals surface area contributed by atoms with E-state index in [1.165, 1.54) is 18.5 Å². The molecule has 1 amide bonds. The minimum Gasteiger partial charge on any atom is -0.394 e. The molecule has 1 saturated heterocycles. The van der Waals surface area contributed by atoms with Crippen LogP contribution >= 0.6 is 0 Å². The van der Waals surface area contributed by atoms with Crippen molar-refractivity contribution in [1.29, 1.82) is 0 Å². The van der Waals surface area contributed by atoms with Gasteiger partial charge in [-0.15, -0.1) is 0 Å². The number of piperidine rings is 1. The largest absolute Gasteiger partial charge is 0.416 e. The number of hydrogen-bond donors (Lipinski definition) is 4. The number of benzene rings is 1. The third-order valence-corrected chi connectivity index (χ3v) is 6.92. The molecule has 0 radical (unpaired) electrons. The summed E-state index contributed by atoms with van der Waals surface area (Å²) < 4.78 is 54.1. The van der Waals surface area contributed by atoms with Gasteiger partial charge in [0.1, 0.15) is 12.4 Å². The molecule has 1 unspecified atom stereocenters. The van der Waals surface area contributed by atoms with Gasteiger partial charge in [0.2, 0.25) is 11.7 Å². The van der Waals surface area contributed by atoms with Crippen LogP contribution < -0.4 is 16.0 Å². The second kappa shape index (κ2) is 10.8. The zero-order valence-electron chi connectivity index (χ0n) is 20.1. The standard InChI is InChI=1S/C24H30F4N6O3/c25-19-21(30-13-23(37)7-9-33(10-8-23)18(12-35)20(29)36)31-14-32-22(19)34(17-5-6-17)11-15-1-3-16(4-2-15)24(26,27)28/h1-4,14,17-18,35,37H,5-13H2,(H2,29,36)(H,30,31,32). The molecule has 9 nitrogen and oxygen atoms in total.